The van der Waals surface area contributed by atoms with Gasteiger partial charge in [-0.15, -0.1) is 0 Å². The predicted octanol–water partition coefficient (Wildman–Crippen LogP) is 3.54. The number of aromatic nitrogens is 2. The molecule has 5 heteroatoms. The molecule has 1 amide bonds. The number of carbonyl (C=O) groups is 1. The summed E-state index contributed by atoms with van der Waals surface area (Å²) in [7, 11) is 0. The minimum absolute atomic E-state index is 0.106. The first-order chi connectivity index (χ1) is 10.6. The van der Waals surface area contributed by atoms with E-state index < -0.39 is 5.54 Å². The third-order valence-corrected chi connectivity index (χ3v) is 5.41. The molecule has 2 bridgehead atoms. The highest BCUT2D eigenvalue weighted by molar-refractivity contribution is 5.77. The highest BCUT2D eigenvalue weighted by Gasteiger charge is 2.41. The van der Waals surface area contributed by atoms with Gasteiger partial charge in [0.2, 0.25) is 11.8 Å². The smallest absolute Gasteiger partial charge is 0.232 e. The lowest BCUT2D eigenvalue weighted by molar-refractivity contribution is -0.124. The number of amides is 1. The summed E-state index contributed by atoms with van der Waals surface area (Å²) in [6.45, 7) is 9.97. The first-order valence-corrected chi connectivity index (χ1v) is 8.81. The first-order valence-electron chi connectivity index (χ1n) is 8.81. The minimum Gasteiger partial charge on any atom is -0.344 e. The van der Waals surface area contributed by atoms with Crippen molar-refractivity contribution in [3.63, 3.8) is 0 Å². The Morgan fingerprint density at radius 3 is 2.48 bits per heavy atom. The van der Waals surface area contributed by atoms with Crippen LogP contribution in [0.1, 0.15) is 78.4 Å². The SMILES string of the molecule is CC(C)(C)c1nc(C(C)(C)NC(=O)C[C@H]2C[C@H]3CC[C@H]2C3)no1. The second-order valence-electron chi connectivity index (χ2n) is 8.99. The largest absolute Gasteiger partial charge is 0.344 e. The zero-order valence-electron chi connectivity index (χ0n) is 15.0. The second kappa shape index (κ2) is 5.60. The Kier molecular flexibility index (Phi) is 4.01. The number of carbonyl (C=O) groups excluding carboxylic acids is 1. The maximum atomic E-state index is 12.5. The molecule has 23 heavy (non-hydrogen) atoms. The van der Waals surface area contributed by atoms with Gasteiger partial charge in [-0.3, -0.25) is 4.79 Å². The Bertz CT molecular complexity index is 585. The number of hydrogen-bond donors (Lipinski definition) is 1. The molecule has 5 nitrogen and oxygen atoms in total. The van der Waals surface area contributed by atoms with Crippen LogP contribution in [0.2, 0.25) is 0 Å². The number of nitrogens with zero attached hydrogens (tertiary/aromatic N) is 2. The third kappa shape index (κ3) is 3.43. The van der Waals surface area contributed by atoms with Crippen molar-refractivity contribution in [2.24, 2.45) is 17.8 Å². The van der Waals surface area contributed by atoms with Crippen LogP contribution in [0.15, 0.2) is 4.52 Å². The average Bonchev–Trinajstić information content (AvgIpc) is 3.13. The van der Waals surface area contributed by atoms with E-state index in [2.05, 4.69) is 15.5 Å². The molecule has 128 valence electrons. The van der Waals surface area contributed by atoms with Crippen molar-refractivity contribution in [1.29, 1.82) is 0 Å². The van der Waals surface area contributed by atoms with E-state index in [0.29, 0.717) is 24.1 Å². The van der Waals surface area contributed by atoms with E-state index in [1.165, 1.54) is 25.7 Å². The molecule has 2 aliphatic carbocycles. The van der Waals surface area contributed by atoms with Crippen molar-refractivity contribution >= 4 is 5.91 Å². The highest BCUT2D eigenvalue weighted by Crippen LogP contribution is 2.49. The van der Waals surface area contributed by atoms with Gasteiger partial charge in [0, 0.05) is 11.8 Å². The van der Waals surface area contributed by atoms with Gasteiger partial charge in [0.1, 0.15) is 0 Å². The molecule has 1 N–H and O–H groups in total. The first kappa shape index (κ1) is 16.5. The minimum atomic E-state index is -0.609. The topological polar surface area (TPSA) is 68.0 Å². The molecule has 0 aromatic carbocycles. The van der Waals surface area contributed by atoms with Crippen LogP contribution in [0.5, 0.6) is 0 Å². The van der Waals surface area contributed by atoms with E-state index in [1.807, 2.05) is 34.6 Å². The second-order valence-corrected chi connectivity index (χ2v) is 8.99. The number of hydrogen-bond acceptors (Lipinski definition) is 4. The van der Waals surface area contributed by atoms with Crippen molar-refractivity contribution in [1.82, 2.24) is 15.5 Å². The van der Waals surface area contributed by atoms with Crippen LogP contribution in [0, 0.1) is 17.8 Å². The van der Waals surface area contributed by atoms with Gasteiger partial charge in [-0.25, -0.2) is 0 Å². The zero-order chi connectivity index (χ0) is 16.8. The molecule has 2 fully saturated rings. The van der Waals surface area contributed by atoms with Gasteiger partial charge in [-0.2, -0.15) is 4.98 Å². The summed E-state index contributed by atoms with van der Waals surface area (Å²) in [6.07, 6.45) is 5.88. The fourth-order valence-electron chi connectivity index (χ4n) is 4.10. The van der Waals surface area contributed by atoms with Crippen LogP contribution in [0.4, 0.5) is 0 Å². The normalized spacial score (nSPS) is 27.4. The zero-order valence-corrected chi connectivity index (χ0v) is 15.0. The average molecular weight is 319 g/mol. The van der Waals surface area contributed by atoms with E-state index >= 15 is 0 Å². The Hall–Kier alpha value is -1.39. The van der Waals surface area contributed by atoms with E-state index in [9.17, 15) is 4.79 Å². The monoisotopic (exact) mass is 319 g/mol. The van der Waals surface area contributed by atoms with Gasteiger partial charge in [0.05, 0.1) is 5.54 Å². The quantitative estimate of drug-likeness (QED) is 0.921. The number of fused-ring (bicyclic) bond motifs is 2. The molecule has 0 radical (unpaired) electrons. The standard InChI is InChI=1S/C18H29N3O2/c1-17(2,3)16-19-15(21-23-16)18(4,5)20-14(22)10-13-9-11-6-7-12(13)8-11/h11-13H,6-10H2,1-5H3,(H,20,22)/t11-,12-,13+/m0/s1. The predicted molar refractivity (Wildman–Crippen MR) is 87.7 cm³/mol. The molecule has 0 saturated heterocycles. The summed E-state index contributed by atoms with van der Waals surface area (Å²) in [5, 5.41) is 7.18. The summed E-state index contributed by atoms with van der Waals surface area (Å²) >= 11 is 0. The summed E-state index contributed by atoms with van der Waals surface area (Å²) in [5.41, 5.74) is -0.796. The van der Waals surface area contributed by atoms with Gasteiger partial charge < -0.3 is 9.84 Å². The summed E-state index contributed by atoms with van der Waals surface area (Å²) in [4.78, 5) is 17.0. The van der Waals surface area contributed by atoms with E-state index in [1.54, 1.807) is 0 Å². The molecule has 0 unspecified atom stereocenters. The van der Waals surface area contributed by atoms with Crippen LogP contribution < -0.4 is 5.32 Å². The third-order valence-electron chi connectivity index (χ3n) is 5.41. The fourth-order valence-corrected chi connectivity index (χ4v) is 4.10. The Morgan fingerprint density at radius 1 is 1.22 bits per heavy atom. The van der Waals surface area contributed by atoms with Gasteiger partial charge in [0.25, 0.3) is 0 Å². The molecule has 0 spiro atoms. The molecule has 1 aromatic rings. The maximum absolute atomic E-state index is 12.5. The molecule has 3 atom stereocenters. The molecular weight excluding hydrogens is 290 g/mol. The van der Waals surface area contributed by atoms with Crippen molar-refractivity contribution < 1.29 is 9.32 Å². The van der Waals surface area contributed by atoms with Gasteiger partial charge >= 0.3 is 0 Å². The highest BCUT2D eigenvalue weighted by atomic mass is 16.5. The van der Waals surface area contributed by atoms with E-state index in [-0.39, 0.29) is 11.3 Å². The lowest BCUT2D eigenvalue weighted by Gasteiger charge is -2.26. The molecular formula is C18H29N3O2. The van der Waals surface area contributed by atoms with E-state index in [0.717, 1.165) is 11.8 Å². The van der Waals surface area contributed by atoms with Crippen LogP contribution in [0.25, 0.3) is 0 Å². The molecule has 1 aromatic heterocycles. The number of nitrogens with one attached hydrogen (secondary N) is 1. The maximum Gasteiger partial charge on any atom is 0.232 e. The summed E-state index contributed by atoms with van der Waals surface area (Å²) in [5.74, 6) is 3.46. The van der Waals surface area contributed by atoms with Gasteiger partial charge in [0.15, 0.2) is 5.82 Å². The van der Waals surface area contributed by atoms with Gasteiger partial charge in [-0.05, 0) is 50.9 Å². The Balaban J connectivity index is 1.61. The lowest BCUT2D eigenvalue weighted by Crippen LogP contribution is -2.42. The Morgan fingerprint density at radius 2 is 1.96 bits per heavy atom. The van der Waals surface area contributed by atoms with Crippen LogP contribution >= 0.6 is 0 Å². The summed E-state index contributed by atoms with van der Waals surface area (Å²) in [6, 6.07) is 0. The fraction of sp³-hybridized carbons (Fsp3) is 0.833. The Labute approximate surface area is 138 Å². The molecule has 2 aliphatic rings. The van der Waals surface area contributed by atoms with Crippen LogP contribution in [0.3, 0.4) is 0 Å². The van der Waals surface area contributed by atoms with Crippen LogP contribution in [-0.2, 0) is 15.7 Å². The van der Waals surface area contributed by atoms with Gasteiger partial charge in [-0.1, -0.05) is 32.3 Å². The van der Waals surface area contributed by atoms with E-state index in [4.69, 9.17) is 4.52 Å². The molecule has 2 saturated carbocycles. The lowest BCUT2D eigenvalue weighted by atomic mass is 9.86. The molecule has 1 heterocycles. The summed E-state index contributed by atoms with van der Waals surface area (Å²) < 4.78 is 5.36. The van der Waals surface area contributed by atoms with Crippen LogP contribution in [-0.4, -0.2) is 16.0 Å². The number of rotatable bonds is 4. The van der Waals surface area contributed by atoms with Crippen molar-refractivity contribution in [3.05, 3.63) is 11.7 Å². The van der Waals surface area contributed by atoms with Crippen molar-refractivity contribution in [2.45, 2.75) is 77.7 Å². The van der Waals surface area contributed by atoms with Crippen molar-refractivity contribution in [3.8, 4) is 0 Å². The molecule has 3 rings (SSSR count). The molecule has 0 aliphatic heterocycles. The van der Waals surface area contributed by atoms with Crippen molar-refractivity contribution in [2.75, 3.05) is 0 Å².